The Morgan fingerprint density at radius 1 is 0.964 bits per heavy atom. The third kappa shape index (κ3) is 4.29. The number of hydrogen-bond donors (Lipinski definition) is 3. The largest absolute Gasteiger partial charge is 0.383 e. The Kier molecular flexibility index (Phi) is 5.49. The molecule has 0 unspecified atom stereocenters. The molecule has 0 bridgehead atoms. The van der Waals surface area contributed by atoms with Crippen LogP contribution >= 0.6 is 11.3 Å². The quantitative estimate of drug-likeness (QED) is 0.395. The fraction of sp³-hybridized carbons (Fsp3) is 0.0909. The fourth-order valence-electron chi connectivity index (χ4n) is 3.00. The van der Waals surface area contributed by atoms with Crippen molar-refractivity contribution in [3.63, 3.8) is 0 Å². The van der Waals surface area contributed by atoms with Gasteiger partial charge in [0.25, 0.3) is 5.91 Å². The van der Waals surface area contributed by atoms with Crippen LogP contribution in [0.3, 0.4) is 0 Å². The maximum atomic E-state index is 12.4. The molecule has 0 fully saturated rings. The molecule has 0 atom stereocenters. The van der Waals surface area contributed by atoms with Gasteiger partial charge < -0.3 is 16.0 Å². The Balaban J connectivity index is 1.32. The number of amides is 1. The van der Waals surface area contributed by atoms with Gasteiger partial charge in [-0.15, -0.1) is 11.3 Å². The first-order valence-corrected chi connectivity index (χ1v) is 9.94. The van der Waals surface area contributed by atoms with Gasteiger partial charge in [0, 0.05) is 47.0 Å². The molecule has 1 aromatic heterocycles. The molecule has 0 aliphatic carbocycles. The SMILES string of the molecule is O=C(NCCNc1cccc2ccccc12)c1cccc(Nc2nccs2)c1. The molecule has 1 heterocycles. The third-order valence-electron chi connectivity index (χ3n) is 4.32. The number of thiazole rings is 1. The number of benzene rings is 3. The van der Waals surface area contributed by atoms with Gasteiger partial charge in [-0.05, 0) is 29.7 Å². The van der Waals surface area contributed by atoms with Crippen LogP contribution in [0.25, 0.3) is 10.8 Å². The van der Waals surface area contributed by atoms with Crippen LogP contribution in [0.5, 0.6) is 0 Å². The lowest BCUT2D eigenvalue weighted by molar-refractivity contribution is 0.0955. The molecule has 3 aromatic carbocycles. The summed E-state index contributed by atoms with van der Waals surface area (Å²) in [6.45, 7) is 1.18. The van der Waals surface area contributed by atoms with Gasteiger partial charge in [0.1, 0.15) is 0 Å². The Morgan fingerprint density at radius 2 is 1.82 bits per heavy atom. The number of aromatic nitrogens is 1. The first kappa shape index (κ1) is 18.0. The van der Waals surface area contributed by atoms with Crippen LogP contribution in [0, 0.1) is 0 Å². The van der Waals surface area contributed by atoms with E-state index in [2.05, 4.69) is 45.2 Å². The first-order chi connectivity index (χ1) is 13.8. The van der Waals surface area contributed by atoms with Gasteiger partial charge >= 0.3 is 0 Å². The maximum absolute atomic E-state index is 12.4. The van der Waals surface area contributed by atoms with Crippen LogP contribution in [0.4, 0.5) is 16.5 Å². The molecular formula is C22H20N4OS. The number of nitrogens with zero attached hydrogens (tertiary/aromatic N) is 1. The molecule has 6 heteroatoms. The van der Waals surface area contributed by atoms with E-state index in [4.69, 9.17) is 0 Å². The Hall–Kier alpha value is -3.38. The highest BCUT2D eigenvalue weighted by atomic mass is 32.1. The number of hydrogen-bond acceptors (Lipinski definition) is 5. The molecule has 5 nitrogen and oxygen atoms in total. The van der Waals surface area contributed by atoms with Gasteiger partial charge in [-0.2, -0.15) is 0 Å². The maximum Gasteiger partial charge on any atom is 0.251 e. The molecule has 3 N–H and O–H groups in total. The first-order valence-electron chi connectivity index (χ1n) is 9.06. The summed E-state index contributed by atoms with van der Waals surface area (Å²) < 4.78 is 0. The van der Waals surface area contributed by atoms with Crippen molar-refractivity contribution in [3.05, 3.63) is 83.9 Å². The van der Waals surface area contributed by atoms with E-state index >= 15 is 0 Å². The predicted octanol–water partition coefficient (Wildman–Crippen LogP) is 4.88. The average molecular weight is 388 g/mol. The standard InChI is InChI=1S/C22H20N4OS/c27-21(17-7-3-8-18(15-17)26-22-25-13-14-28-22)24-12-11-23-20-10-4-6-16-5-1-2-9-19(16)20/h1-10,13-15,23H,11-12H2,(H,24,27)(H,25,26). The van der Waals surface area contributed by atoms with Crippen LogP contribution in [0.1, 0.15) is 10.4 Å². The normalized spacial score (nSPS) is 10.6. The van der Waals surface area contributed by atoms with Crippen molar-refractivity contribution in [2.45, 2.75) is 0 Å². The van der Waals surface area contributed by atoms with E-state index in [1.54, 1.807) is 12.3 Å². The Bertz CT molecular complexity index is 1070. The summed E-state index contributed by atoms with van der Waals surface area (Å²) in [6.07, 6.45) is 1.74. The summed E-state index contributed by atoms with van der Waals surface area (Å²) in [5.41, 5.74) is 2.53. The lowest BCUT2D eigenvalue weighted by Crippen LogP contribution is -2.28. The zero-order valence-electron chi connectivity index (χ0n) is 15.2. The molecule has 140 valence electrons. The molecule has 0 saturated heterocycles. The molecule has 0 radical (unpaired) electrons. The van der Waals surface area contributed by atoms with E-state index in [0.29, 0.717) is 18.7 Å². The summed E-state index contributed by atoms with van der Waals surface area (Å²) in [6, 6.07) is 21.8. The third-order valence-corrected chi connectivity index (χ3v) is 5.01. The van der Waals surface area contributed by atoms with Crippen molar-refractivity contribution in [2.24, 2.45) is 0 Å². The molecule has 0 spiro atoms. The highest BCUT2D eigenvalue weighted by Crippen LogP contribution is 2.22. The van der Waals surface area contributed by atoms with Crippen molar-refractivity contribution >= 4 is 44.5 Å². The summed E-state index contributed by atoms with van der Waals surface area (Å²) in [5, 5.41) is 14.6. The number of nitrogens with one attached hydrogen (secondary N) is 3. The van der Waals surface area contributed by atoms with Crippen LogP contribution in [0.15, 0.2) is 78.3 Å². The second-order valence-corrected chi connectivity index (χ2v) is 7.15. The van der Waals surface area contributed by atoms with Gasteiger partial charge in [0.15, 0.2) is 5.13 Å². The molecule has 4 rings (SSSR count). The second kappa shape index (κ2) is 8.54. The molecule has 0 aliphatic rings. The van der Waals surface area contributed by atoms with E-state index in [1.807, 2.05) is 41.8 Å². The summed E-state index contributed by atoms with van der Waals surface area (Å²) in [7, 11) is 0. The van der Waals surface area contributed by atoms with Crippen LogP contribution < -0.4 is 16.0 Å². The van der Waals surface area contributed by atoms with E-state index in [9.17, 15) is 4.79 Å². The van der Waals surface area contributed by atoms with Crippen molar-refractivity contribution in [1.82, 2.24) is 10.3 Å². The topological polar surface area (TPSA) is 66.1 Å². The average Bonchev–Trinajstić information content (AvgIpc) is 3.24. The zero-order valence-corrected chi connectivity index (χ0v) is 16.0. The lowest BCUT2D eigenvalue weighted by Gasteiger charge is -2.11. The van der Waals surface area contributed by atoms with E-state index in [1.165, 1.54) is 22.1 Å². The highest BCUT2D eigenvalue weighted by molar-refractivity contribution is 7.13. The minimum absolute atomic E-state index is 0.0949. The minimum atomic E-state index is -0.0949. The molecule has 28 heavy (non-hydrogen) atoms. The number of anilines is 3. The van der Waals surface area contributed by atoms with Crippen molar-refractivity contribution in [3.8, 4) is 0 Å². The highest BCUT2D eigenvalue weighted by Gasteiger charge is 2.07. The second-order valence-electron chi connectivity index (χ2n) is 6.25. The molecule has 0 saturated carbocycles. The van der Waals surface area contributed by atoms with E-state index in [0.717, 1.165) is 16.5 Å². The van der Waals surface area contributed by atoms with Gasteiger partial charge in [0.2, 0.25) is 0 Å². The summed E-state index contributed by atoms with van der Waals surface area (Å²) in [5.74, 6) is -0.0949. The van der Waals surface area contributed by atoms with Crippen LogP contribution in [0.2, 0.25) is 0 Å². The fourth-order valence-corrected chi connectivity index (χ4v) is 3.55. The van der Waals surface area contributed by atoms with E-state index in [-0.39, 0.29) is 5.91 Å². The number of carbonyl (C=O) groups is 1. The monoisotopic (exact) mass is 388 g/mol. The Labute approximate surface area is 167 Å². The number of carbonyl (C=O) groups excluding carboxylic acids is 1. The molecule has 0 aliphatic heterocycles. The van der Waals surface area contributed by atoms with Gasteiger partial charge in [-0.1, -0.05) is 42.5 Å². The van der Waals surface area contributed by atoms with Crippen molar-refractivity contribution < 1.29 is 4.79 Å². The lowest BCUT2D eigenvalue weighted by atomic mass is 10.1. The minimum Gasteiger partial charge on any atom is -0.383 e. The van der Waals surface area contributed by atoms with Gasteiger partial charge in [0.05, 0.1) is 0 Å². The predicted molar refractivity (Wildman–Crippen MR) is 117 cm³/mol. The molecule has 4 aromatic rings. The van der Waals surface area contributed by atoms with Crippen molar-refractivity contribution in [1.29, 1.82) is 0 Å². The number of fused-ring (bicyclic) bond motifs is 1. The summed E-state index contributed by atoms with van der Waals surface area (Å²) in [4.78, 5) is 16.6. The molecular weight excluding hydrogens is 368 g/mol. The summed E-state index contributed by atoms with van der Waals surface area (Å²) >= 11 is 1.52. The van der Waals surface area contributed by atoms with E-state index < -0.39 is 0 Å². The Morgan fingerprint density at radius 3 is 2.71 bits per heavy atom. The smallest absolute Gasteiger partial charge is 0.251 e. The zero-order chi connectivity index (χ0) is 19.2. The van der Waals surface area contributed by atoms with Crippen molar-refractivity contribution in [2.75, 3.05) is 23.7 Å². The number of rotatable bonds is 7. The van der Waals surface area contributed by atoms with Gasteiger partial charge in [-0.25, -0.2) is 4.98 Å². The van der Waals surface area contributed by atoms with Crippen LogP contribution in [-0.2, 0) is 0 Å². The van der Waals surface area contributed by atoms with Gasteiger partial charge in [-0.3, -0.25) is 4.79 Å². The van der Waals surface area contributed by atoms with Crippen LogP contribution in [-0.4, -0.2) is 24.0 Å². The molecule has 1 amide bonds.